The molecule has 0 aliphatic heterocycles. The van der Waals surface area contributed by atoms with Gasteiger partial charge in [-0.2, -0.15) is 5.10 Å². The number of aromatic nitrogens is 3. The molecule has 0 saturated heterocycles. The summed E-state index contributed by atoms with van der Waals surface area (Å²) in [6, 6.07) is 12.7. The van der Waals surface area contributed by atoms with Crippen LogP contribution in [-0.4, -0.2) is 20.8 Å². The number of carbonyl (C=O) groups is 1. The Kier molecular flexibility index (Phi) is 4.88. The fraction of sp³-hybridized carbons (Fsp3) is 0.227. The molecule has 0 fully saturated rings. The minimum absolute atomic E-state index is 0.120. The van der Waals surface area contributed by atoms with Crippen molar-refractivity contribution in [2.45, 2.75) is 31.8 Å². The quantitative estimate of drug-likeness (QED) is 0.506. The molecule has 4 aromatic rings. The number of carbonyl (C=O) groups excluding carboxylic acids is 1. The van der Waals surface area contributed by atoms with Gasteiger partial charge in [0.1, 0.15) is 0 Å². The highest BCUT2D eigenvalue weighted by Crippen LogP contribution is 2.31. The van der Waals surface area contributed by atoms with E-state index in [-0.39, 0.29) is 17.6 Å². The highest BCUT2D eigenvalue weighted by Gasteiger charge is 2.27. The Morgan fingerprint density at radius 3 is 2.97 bits per heavy atom. The summed E-state index contributed by atoms with van der Waals surface area (Å²) in [7, 11) is 0. The standard InChI is InChI=1S/C22H19ClN4O3/c23-16-6-2-1-5-14(16)13-27-19-8-3-7-17(15(19)12-24-27)25-22(28)18-11-21(30-26-18)20-9-4-10-29-20/h1-2,4-6,9-12,17H,3,7-8,13H2,(H,25,28). The Morgan fingerprint density at radius 1 is 1.23 bits per heavy atom. The minimum atomic E-state index is -0.284. The minimum Gasteiger partial charge on any atom is -0.461 e. The molecule has 3 aromatic heterocycles. The van der Waals surface area contributed by atoms with Gasteiger partial charge in [0.15, 0.2) is 11.5 Å². The summed E-state index contributed by atoms with van der Waals surface area (Å²) >= 11 is 6.31. The van der Waals surface area contributed by atoms with Crippen LogP contribution in [0, 0.1) is 0 Å². The molecule has 1 aliphatic carbocycles. The van der Waals surface area contributed by atoms with Crippen molar-refractivity contribution in [1.82, 2.24) is 20.3 Å². The molecule has 1 amide bonds. The van der Waals surface area contributed by atoms with Gasteiger partial charge in [-0.25, -0.2) is 0 Å². The van der Waals surface area contributed by atoms with Crippen LogP contribution in [0.25, 0.3) is 11.5 Å². The smallest absolute Gasteiger partial charge is 0.273 e. The van der Waals surface area contributed by atoms with E-state index in [2.05, 4.69) is 15.6 Å². The van der Waals surface area contributed by atoms with E-state index in [1.807, 2.05) is 35.1 Å². The van der Waals surface area contributed by atoms with Crippen LogP contribution in [0.5, 0.6) is 0 Å². The zero-order valence-corrected chi connectivity index (χ0v) is 16.8. The van der Waals surface area contributed by atoms with Crippen molar-refractivity contribution in [3.8, 4) is 11.5 Å². The van der Waals surface area contributed by atoms with E-state index >= 15 is 0 Å². The van der Waals surface area contributed by atoms with Crippen LogP contribution in [-0.2, 0) is 13.0 Å². The van der Waals surface area contributed by atoms with E-state index in [0.717, 1.165) is 41.1 Å². The SMILES string of the molecule is O=C(NC1CCCc2c1cnn2Cc1ccccc1Cl)c1cc(-c2ccco2)on1. The Labute approximate surface area is 177 Å². The van der Waals surface area contributed by atoms with Gasteiger partial charge in [-0.05, 0) is 43.0 Å². The fourth-order valence-corrected chi connectivity index (χ4v) is 4.04. The molecule has 0 saturated carbocycles. The first-order valence-electron chi connectivity index (χ1n) is 9.78. The van der Waals surface area contributed by atoms with Crippen LogP contribution >= 0.6 is 11.6 Å². The lowest BCUT2D eigenvalue weighted by Gasteiger charge is -2.24. The van der Waals surface area contributed by atoms with Crippen LogP contribution in [0.2, 0.25) is 5.02 Å². The highest BCUT2D eigenvalue weighted by atomic mass is 35.5. The van der Waals surface area contributed by atoms with E-state index in [1.165, 1.54) is 0 Å². The summed E-state index contributed by atoms with van der Waals surface area (Å²) in [6.45, 7) is 0.603. The lowest BCUT2D eigenvalue weighted by Crippen LogP contribution is -2.31. The third-order valence-corrected chi connectivity index (χ3v) is 5.72. The normalized spacial score (nSPS) is 15.7. The molecular formula is C22H19ClN4O3. The maximum atomic E-state index is 12.7. The molecule has 0 spiro atoms. The van der Waals surface area contributed by atoms with Gasteiger partial charge in [-0.15, -0.1) is 0 Å². The number of amides is 1. The number of hydrogen-bond acceptors (Lipinski definition) is 5. The van der Waals surface area contributed by atoms with Gasteiger partial charge >= 0.3 is 0 Å². The summed E-state index contributed by atoms with van der Waals surface area (Å²) in [4.78, 5) is 12.7. The monoisotopic (exact) mass is 422 g/mol. The molecule has 30 heavy (non-hydrogen) atoms. The van der Waals surface area contributed by atoms with Crippen molar-refractivity contribution in [2.24, 2.45) is 0 Å². The van der Waals surface area contributed by atoms with Crippen LogP contribution < -0.4 is 5.32 Å². The van der Waals surface area contributed by atoms with Gasteiger partial charge < -0.3 is 14.3 Å². The second-order valence-electron chi connectivity index (χ2n) is 7.27. The van der Waals surface area contributed by atoms with Crippen molar-refractivity contribution in [2.75, 3.05) is 0 Å². The Morgan fingerprint density at radius 2 is 2.13 bits per heavy atom. The number of rotatable bonds is 5. The lowest BCUT2D eigenvalue weighted by atomic mass is 9.92. The van der Waals surface area contributed by atoms with Crippen LogP contribution in [0.1, 0.15) is 46.2 Å². The first kappa shape index (κ1) is 18.7. The molecule has 0 radical (unpaired) electrons. The predicted molar refractivity (Wildman–Crippen MR) is 110 cm³/mol. The zero-order chi connectivity index (χ0) is 20.5. The summed E-state index contributed by atoms with van der Waals surface area (Å²) in [6.07, 6.45) is 6.11. The Hall–Kier alpha value is -3.32. The Balaban J connectivity index is 1.33. The Bertz CT molecular complexity index is 1180. The van der Waals surface area contributed by atoms with E-state index in [1.54, 1.807) is 24.5 Å². The van der Waals surface area contributed by atoms with Crippen LogP contribution in [0.4, 0.5) is 0 Å². The number of hydrogen-bond donors (Lipinski definition) is 1. The van der Waals surface area contributed by atoms with Gasteiger partial charge in [-0.1, -0.05) is 35.0 Å². The second-order valence-corrected chi connectivity index (χ2v) is 7.67. The summed E-state index contributed by atoms with van der Waals surface area (Å²) in [5, 5.41) is 12.2. The molecule has 7 nitrogen and oxygen atoms in total. The molecule has 152 valence electrons. The molecule has 0 bridgehead atoms. The molecule has 8 heteroatoms. The number of fused-ring (bicyclic) bond motifs is 1. The average Bonchev–Trinajstić information content (AvgIpc) is 3.51. The molecule has 1 atom stereocenters. The number of halogens is 1. The molecular weight excluding hydrogens is 404 g/mol. The molecule has 1 N–H and O–H groups in total. The van der Waals surface area contributed by atoms with E-state index < -0.39 is 0 Å². The third kappa shape index (κ3) is 3.52. The van der Waals surface area contributed by atoms with Crippen molar-refractivity contribution >= 4 is 17.5 Å². The van der Waals surface area contributed by atoms with Gasteiger partial charge in [-0.3, -0.25) is 9.48 Å². The van der Waals surface area contributed by atoms with Crippen molar-refractivity contribution in [1.29, 1.82) is 0 Å². The number of benzene rings is 1. The van der Waals surface area contributed by atoms with Crippen LogP contribution in [0.3, 0.4) is 0 Å². The number of nitrogens with zero attached hydrogens (tertiary/aromatic N) is 3. The largest absolute Gasteiger partial charge is 0.461 e. The van der Waals surface area contributed by atoms with Crippen LogP contribution in [0.15, 0.2) is 63.9 Å². The summed E-state index contributed by atoms with van der Waals surface area (Å²) in [5.41, 5.74) is 3.40. The number of furan rings is 1. The van der Waals surface area contributed by atoms with Gasteiger partial charge in [0, 0.05) is 22.3 Å². The molecule has 5 rings (SSSR count). The van der Waals surface area contributed by atoms with E-state index in [4.69, 9.17) is 20.5 Å². The zero-order valence-electron chi connectivity index (χ0n) is 16.0. The lowest BCUT2D eigenvalue weighted by molar-refractivity contribution is 0.0923. The molecule has 3 heterocycles. The third-order valence-electron chi connectivity index (χ3n) is 5.35. The van der Waals surface area contributed by atoms with Crippen molar-refractivity contribution in [3.63, 3.8) is 0 Å². The maximum Gasteiger partial charge on any atom is 0.273 e. The van der Waals surface area contributed by atoms with Gasteiger partial charge in [0.25, 0.3) is 5.91 Å². The second kappa shape index (κ2) is 7.84. The summed E-state index contributed by atoms with van der Waals surface area (Å²) in [5.74, 6) is 0.664. The van der Waals surface area contributed by atoms with E-state index in [9.17, 15) is 4.79 Å². The summed E-state index contributed by atoms with van der Waals surface area (Å²) < 4.78 is 12.5. The first-order chi connectivity index (χ1) is 14.7. The first-order valence-corrected chi connectivity index (χ1v) is 10.2. The molecule has 1 unspecified atom stereocenters. The number of nitrogens with one attached hydrogen (secondary N) is 1. The van der Waals surface area contributed by atoms with Crippen molar-refractivity contribution < 1.29 is 13.7 Å². The average molecular weight is 423 g/mol. The highest BCUT2D eigenvalue weighted by molar-refractivity contribution is 6.31. The fourth-order valence-electron chi connectivity index (χ4n) is 3.84. The molecule has 1 aromatic carbocycles. The maximum absolute atomic E-state index is 12.7. The van der Waals surface area contributed by atoms with Crippen molar-refractivity contribution in [3.05, 3.63) is 82.5 Å². The predicted octanol–water partition coefficient (Wildman–Crippen LogP) is 4.64. The van der Waals surface area contributed by atoms with E-state index in [0.29, 0.717) is 18.1 Å². The topological polar surface area (TPSA) is 86.1 Å². The molecule has 1 aliphatic rings. The van der Waals surface area contributed by atoms with Gasteiger partial charge in [0.05, 0.1) is 25.0 Å². The van der Waals surface area contributed by atoms with Gasteiger partial charge in [0.2, 0.25) is 5.76 Å².